The van der Waals surface area contributed by atoms with Gasteiger partial charge in [-0.2, -0.15) is 11.8 Å². The molecule has 18 heavy (non-hydrogen) atoms. The van der Waals surface area contributed by atoms with Crippen LogP contribution in [-0.2, 0) is 16.6 Å². The Hall–Kier alpha value is -0.630. The van der Waals surface area contributed by atoms with Gasteiger partial charge < -0.3 is 5.73 Å². The number of halogens is 1. The minimum Gasteiger partial charge on any atom is -0.326 e. The first-order valence-electron chi connectivity index (χ1n) is 5.40. The Morgan fingerprint density at radius 1 is 1.50 bits per heavy atom. The van der Waals surface area contributed by atoms with E-state index in [4.69, 9.17) is 5.73 Å². The highest BCUT2D eigenvalue weighted by molar-refractivity contribution is 7.98. The van der Waals surface area contributed by atoms with Crippen LogP contribution in [-0.4, -0.2) is 26.5 Å². The van der Waals surface area contributed by atoms with Crippen molar-refractivity contribution < 1.29 is 12.8 Å². The highest BCUT2D eigenvalue weighted by Gasteiger charge is 2.21. The third-order valence-electron chi connectivity index (χ3n) is 2.29. The van der Waals surface area contributed by atoms with E-state index in [0.29, 0.717) is 11.3 Å². The average Bonchev–Trinajstić information content (AvgIpc) is 2.29. The molecule has 1 rings (SSSR count). The summed E-state index contributed by atoms with van der Waals surface area (Å²) in [5.74, 6) is -0.145. The third-order valence-corrected chi connectivity index (χ3v) is 4.73. The van der Waals surface area contributed by atoms with Gasteiger partial charge in [0.05, 0.1) is 0 Å². The number of hydrogen-bond acceptors (Lipinski definition) is 4. The number of rotatable bonds is 6. The van der Waals surface area contributed by atoms with Gasteiger partial charge in [0.15, 0.2) is 0 Å². The Kier molecular flexibility index (Phi) is 5.58. The summed E-state index contributed by atoms with van der Waals surface area (Å²) in [4.78, 5) is -0.349. The monoisotopic (exact) mass is 292 g/mol. The fourth-order valence-electron chi connectivity index (χ4n) is 1.49. The first-order chi connectivity index (χ1) is 8.40. The van der Waals surface area contributed by atoms with Crippen LogP contribution in [0.15, 0.2) is 23.1 Å². The molecule has 3 N–H and O–H groups in total. The van der Waals surface area contributed by atoms with Gasteiger partial charge in [0.1, 0.15) is 10.7 Å². The van der Waals surface area contributed by atoms with Crippen LogP contribution in [0, 0.1) is 5.82 Å². The van der Waals surface area contributed by atoms with E-state index < -0.39 is 15.8 Å². The standard InChI is InChI=1S/C11H17FN2O2S2/c1-8(7-17-2)14-18(15,16)11-5-9(6-13)3-4-10(11)12/h3-5,8,14H,6-7,13H2,1-2H3. The normalized spacial score (nSPS) is 13.6. The molecule has 0 bridgehead atoms. The summed E-state index contributed by atoms with van der Waals surface area (Å²) < 4.78 is 40.0. The van der Waals surface area contributed by atoms with Gasteiger partial charge in [0.25, 0.3) is 0 Å². The Balaban J connectivity index is 3.04. The predicted molar refractivity (Wildman–Crippen MR) is 72.5 cm³/mol. The van der Waals surface area contributed by atoms with Crippen molar-refractivity contribution in [2.75, 3.05) is 12.0 Å². The van der Waals surface area contributed by atoms with Gasteiger partial charge in [-0.15, -0.1) is 0 Å². The predicted octanol–water partition coefficient (Wildman–Crippen LogP) is 1.31. The van der Waals surface area contributed by atoms with E-state index >= 15 is 0 Å². The summed E-state index contributed by atoms with van der Waals surface area (Å²) in [5.41, 5.74) is 6.00. The second-order valence-electron chi connectivity index (χ2n) is 3.95. The summed E-state index contributed by atoms with van der Waals surface area (Å²) in [6, 6.07) is 3.60. The van der Waals surface area contributed by atoms with Gasteiger partial charge in [-0.1, -0.05) is 6.07 Å². The zero-order valence-corrected chi connectivity index (χ0v) is 11.9. The SMILES string of the molecule is CSCC(C)NS(=O)(=O)c1cc(CN)ccc1F. The number of nitrogens with one attached hydrogen (secondary N) is 1. The lowest BCUT2D eigenvalue weighted by Gasteiger charge is -2.14. The van der Waals surface area contributed by atoms with Crippen LogP contribution < -0.4 is 10.5 Å². The first kappa shape index (κ1) is 15.4. The van der Waals surface area contributed by atoms with Crippen molar-refractivity contribution in [3.05, 3.63) is 29.6 Å². The Bertz CT molecular complexity index is 506. The highest BCUT2D eigenvalue weighted by Crippen LogP contribution is 2.17. The maximum Gasteiger partial charge on any atom is 0.243 e. The van der Waals surface area contributed by atoms with Gasteiger partial charge in [-0.3, -0.25) is 0 Å². The molecule has 0 spiro atoms. The molecule has 0 fully saturated rings. The molecule has 0 radical (unpaired) electrons. The summed E-state index contributed by atoms with van der Waals surface area (Å²) >= 11 is 1.52. The van der Waals surface area contributed by atoms with Crippen LogP contribution in [0.1, 0.15) is 12.5 Å². The maximum absolute atomic E-state index is 13.6. The molecule has 1 atom stereocenters. The number of sulfonamides is 1. The molecule has 1 aromatic rings. The van der Waals surface area contributed by atoms with Crippen LogP contribution in [0.3, 0.4) is 0 Å². The van der Waals surface area contributed by atoms with Crippen LogP contribution in [0.2, 0.25) is 0 Å². The molecule has 0 saturated carbocycles. The quantitative estimate of drug-likeness (QED) is 0.829. The number of nitrogens with two attached hydrogens (primary N) is 1. The van der Waals surface area contributed by atoms with E-state index in [1.54, 1.807) is 6.92 Å². The molecular weight excluding hydrogens is 275 g/mol. The second-order valence-corrected chi connectivity index (χ2v) is 6.54. The zero-order chi connectivity index (χ0) is 13.8. The highest BCUT2D eigenvalue weighted by atomic mass is 32.2. The maximum atomic E-state index is 13.6. The fourth-order valence-corrected chi connectivity index (χ4v) is 3.55. The van der Waals surface area contributed by atoms with Gasteiger partial charge >= 0.3 is 0 Å². The van der Waals surface area contributed by atoms with Crippen molar-refractivity contribution in [1.29, 1.82) is 0 Å². The molecular formula is C11H17FN2O2S2. The van der Waals surface area contributed by atoms with Crippen molar-refractivity contribution in [2.24, 2.45) is 5.73 Å². The van der Waals surface area contributed by atoms with Gasteiger partial charge in [0.2, 0.25) is 10.0 Å². The molecule has 0 aliphatic rings. The topological polar surface area (TPSA) is 72.2 Å². The summed E-state index contributed by atoms with van der Waals surface area (Å²) in [7, 11) is -3.84. The third kappa shape index (κ3) is 3.94. The van der Waals surface area contributed by atoms with Crippen molar-refractivity contribution in [2.45, 2.75) is 24.4 Å². The molecule has 1 aromatic carbocycles. The molecule has 0 saturated heterocycles. The second kappa shape index (κ2) is 6.51. The molecule has 7 heteroatoms. The van der Waals surface area contributed by atoms with Gasteiger partial charge in [-0.25, -0.2) is 17.5 Å². The smallest absolute Gasteiger partial charge is 0.243 e. The summed E-state index contributed by atoms with van der Waals surface area (Å²) in [6.45, 7) is 1.90. The van der Waals surface area contributed by atoms with Crippen molar-refractivity contribution in [3.8, 4) is 0 Å². The molecule has 1 unspecified atom stereocenters. The Morgan fingerprint density at radius 3 is 2.72 bits per heavy atom. The van der Waals surface area contributed by atoms with E-state index in [-0.39, 0.29) is 17.5 Å². The van der Waals surface area contributed by atoms with Crippen molar-refractivity contribution in [1.82, 2.24) is 4.72 Å². The lowest BCUT2D eigenvalue weighted by molar-refractivity contribution is 0.549. The fraction of sp³-hybridized carbons (Fsp3) is 0.455. The van der Waals surface area contributed by atoms with Gasteiger partial charge in [0, 0.05) is 18.3 Å². The zero-order valence-electron chi connectivity index (χ0n) is 10.3. The molecule has 0 heterocycles. The molecule has 0 aliphatic heterocycles. The minimum absolute atomic E-state index is 0.170. The van der Waals surface area contributed by atoms with Crippen LogP contribution in [0.4, 0.5) is 4.39 Å². The van der Waals surface area contributed by atoms with Gasteiger partial charge in [-0.05, 0) is 30.9 Å². The van der Waals surface area contributed by atoms with Crippen LogP contribution in [0.25, 0.3) is 0 Å². The van der Waals surface area contributed by atoms with Crippen LogP contribution in [0.5, 0.6) is 0 Å². The van der Waals surface area contributed by atoms with E-state index in [2.05, 4.69) is 4.72 Å². The Labute approximate surface area is 111 Å². The minimum atomic E-state index is -3.84. The van der Waals surface area contributed by atoms with E-state index in [1.165, 1.54) is 23.9 Å². The molecule has 4 nitrogen and oxygen atoms in total. The number of thioether (sulfide) groups is 1. The lowest BCUT2D eigenvalue weighted by atomic mass is 10.2. The molecule has 0 aromatic heterocycles. The first-order valence-corrected chi connectivity index (χ1v) is 8.28. The van der Waals surface area contributed by atoms with Crippen molar-refractivity contribution >= 4 is 21.8 Å². The molecule has 102 valence electrons. The number of benzene rings is 1. The average molecular weight is 292 g/mol. The van der Waals surface area contributed by atoms with E-state index in [0.717, 1.165) is 6.07 Å². The number of hydrogen-bond donors (Lipinski definition) is 2. The summed E-state index contributed by atoms with van der Waals surface area (Å²) in [6.07, 6.45) is 1.88. The Morgan fingerprint density at radius 2 is 2.17 bits per heavy atom. The summed E-state index contributed by atoms with van der Waals surface area (Å²) in [5, 5.41) is 0. The largest absolute Gasteiger partial charge is 0.326 e. The molecule has 0 amide bonds. The van der Waals surface area contributed by atoms with E-state index in [9.17, 15) is 12.8 Å². The van der Waals surface area contributed by atoms with Crippen molar-refractivity contribution in [3.63, 3.8) is 0 Å². The molecule has 0 aliphatic carbocycles. The van der Waals surface area contributed by atoms with E-state index in [1.807, 2.05) is 6.26 Å². The van der Waals surface area contributed by atoms with Crippen LogP contribution >= 0.6 is 11.8 Å². The lowest BCUT2D eigenvalue weighted by Crippen LogP contribution is -2.34.